The number of fused-ring (bicyclic) bond motifs is 1. The summed E-state index contributed by atoms with van der Waals surface area (Å²) in [7, 11) is 0. The van der Waals surface area contributed by atoms with Crippen LogP contribution >= 0.6 is 0 Å². The Labute approximate surface area is 120 Å². The summed E-state index contributed by atoms with van der Waals surface area (Å²) in [5, 5.41) is 2.41. The maximum absolute atomic E-state index is 6.53. The lowest BCUT2D eigenvalue weighted by molar-refractivity contribution is 0.491. The third-order valence-corrected chi connectivity index (χ3v) is 3.71. The Hall–Kier alpha value is -2.12. The third kappa shape index (κ3) is 2.59. The number of hydrogen-bond acceptors (Lipinski definition) is 1. The molecule has 1 atom stereocenters. The molecule has 1 radical (unpaired) electrons. The fraction of sp³-hybridized carbons (Fsp3) is 0.158. The van der Waals surface area contributed by atoms with E-state index in [9.17, 15) is 0 Å². The Bertz CT molecular complexity index is 714. The Balaban J connectivity index is 1.96. The topological polar surface area (TPSA) is 26.0 Å². The zero-order valence-electron chi connectivity index (χ0n) is 11.6. The van der Waals surface area contributed by atoms with Gasteiger partial charge in [0.25, 0.3) is 0 Å². The van der Waals surface area contributed by atoms with E-state index in [1.54, 1.807) is 0 Å². The van der Waals surface area contributed by atoms with E-state index in [0.717, 1.165) is 12.0 Å². The van der Waals surface area contributed by atoms with Crippen LogP contribution in [-0.4, -0.2) is 0 Å². The highest BCUT2D eigenvalue weighted by Crippen LogP contribution is 2.25. The van der Waals surface area contributed by atoms with Crippen molar-refractivity contribution in [3.8, 4) is 0 Å². The lowest BCUT2D eigenvalue weighted by Gasteiger charge is -2.25. The molecule has 0 aliphatic carbocycles. The first kappa shape index (κ1) is 12.9. The third-order valence-electron chi connectivity index (χ3n) is 3.71. The maximum Gasteiger partial charge on any atom is 0.0428 e. The van der Waals surface area contributed by atoms with Gasteiger partial charge in [0, 0.05) is 5.54 Å². The number of hydrogen-bond donors (Lipinski definition) is 1. The highest BCUT2D eigenvalue weighted by molar-refractivity contribution is 5.83. The van der Waals surface area contributed by atoms with E-state index in [1.807, 2.05) is 18.2 Å². The van der Waals surface area contributed by atoms with Crippen molar-refractivity contribution in [2.45, 2.75) is 18.9 Å². The molecule has 0 saturated heterocycles. The van der Waals surface area contributed by atoms with Crippen LogP contribution < -0.4 is 5.73 Å². The molecule has 20 heavy (non-hydrogen) atoms. The van der Waals surface area contributed by atoms with Crippen molar-refractivity contribution in [1.29, 1.82) is 0 Å². The van der Waals surface area contributed by atoms with Crippen molar-refractivity contribution in [2.24, 2.45) is 5.73 Å². The van der Waals surface area contributed by atoms with Crippen LogP contribution in [0.1, 0.15) is 18.1 Å². The summed E-state index contributed by atoms with van der Waals surface area (Å²) in [5.41, 5.74) is 8.42. The van der Waals surface area contributed by atoms with Crippen LogP contribution in [0.25, 0.3) is 10.8 Å². The summed E-state index contributed by atoms with van der Waals surface area (Å²) in [6.07, 6.45) is 0.808. The van der Waals surface area contributed by atoms with Crippen LogP contribution in [0.5, 0.6) is 0 Å². The minimum atomic E-state index is -0.411. The molecule has 0 fully saturated rings. The van der Waals surface area contributed by atoms with Gasteiger partial charge in [-0.3, -0.25) is 0 Å². The Morgan fingerprint density at radius 1 is 0.950 bits per heavy atom. The zero-order valence-corrected chi connectivity index (χ0v) is 11.6. The average molecular weight is 260 g/mol. The quantitative estimate of drug-likeness (QED) is 0.755. The molecule has 0 amide bonds. The van der Waals surface area contributed by atoms with Crippen molar-refractivity contribution in [1.82, 2.24) is 0 Å². The molecule has 0 aliphatic heterocycles. The predicted octanol–water partition coefficient (Wildman–Crippen LogP) is 4.06. The highest BCUT2D eigenvalue weighted by Gasteiger charge is 2.22. The van der Waals surface area contributed by atoms with Gasteiger partial charge < -0.3 is 5.73 Å². The molecule has 3 aromatic rings. The Morgan fingerprint density at radius 2 is 1.60 bits per heavy atom. The lowest BCUT2D eigenvalue weighted by Crippen LogP contribution is -2.35. The van der Waals surface area contributed by atoms with Gasteiger partial charge in [0.05, 0.1) is 0 Å². The van der Waals surface area contributed by atoms with Crippen molar-refractivity contribution >= 4 is 10.8 Å². The van der Waals surface area contributed by atoms with E-state index in [4.69, 9.17) is 5.73 Å². The molecule has 3 aromatic carbocycles. The van der Waals surface area contributed by atoms with Gasteiger partial charge in [0.2, 0.25) is 0 Å². The molecule has 0 spiro atoms. The van der Waals surface area contributed by atoms with E-state index < -0.39 is 5.54 Å². The van der Waals surface area contributed by atoms with Crippen molar-refractivity contribution in [3.63, 3.8) is 0 Å². The normalized spacial score (nSPS) is 14.1. The van der Waals surface area contributed by atoms with E-state index >= 15 is 0 Å². The fourth-order valence-corrected chi connectivity index (χ4v) is 2.57. The summed E-state index contributed by atoms with van der Waals surface area (Å²) >= 11 is 0. The number of benzene rings is 3. The number of nitrogens with two attached hydrogens (primary N) is 1. The maximum atomic E-state index is 6.53. The molecule has 1 nitrogen and oxygen atoms in total. The first-order valence-electron chi connectivity index (χ1n) is 6.89. The van der Waals surface area contributed by atoms with Gasteiger partial charge in [0.1, 0.15) is 0 Å². The molecule has 99 valence electrons. The van der Waals surface area contributed by atoms with Gasteiger partial charge in [-0.1, -0.05) is 54.6 Å². The fourth-order valence-electron chi connectivity index (χ4n) is 2.57. The smallest absolute Gasteiger partial charge is 0.0428 e. The summed E-state index contributed by atoms with van der Waals surface area (Å²) in [4.78, 5) is 0. The number of rotatable bonds is 3. The van der Waals surface area contributed by atoms with E-state index in [2.05, 4.69) is 61.5 Å². The highest BCUT2D eigenvalue weighted by atomic mass is 14.7. The van der Waals surface area contributed by atoms with E-state index in [1.165, 1.54) is 16.3 Å². The monoisotopic (exact) mass is 260 g/mol. The van der Waals surface area contributed by atoms with Crippen molar-refractivity contribution in [2.75, 3.05) is 0 Å². The summed E-state index contributed by atoms with van der Waals surface area (Å²) in [5.74, 6) is 0. The van der Waals surface area contributed by atoms with Gasteiger partial charge in [0.15, 0.2) is 0 Å². The summed E-state index contributed by atoms with van der Waals surface area (Å²) < 4.78 is 0. The van der Waals surface area contributed by atoms with Gasteiger partial charge in [-0.25, -0.2) is 0 Å². The SMILES string of the molecule is CC(N)(Cc1ccccc1)c1[c]cc2ccccc2c1. The first-order valence-corrected chi connectivity index (χ1v) is 6.89. The molecule has 0 heterocycles. The van der Waals surface area contributed by atoms with Crippen molar-refractivity contribution in [3.05, 3.63) is 83.9 Å². The Morgan fingerprint density at radius 3 is 2.35 bits per heavy atom. The zero-order chi connectivity index (χ0) is 14.0. The molecule has 0 aliphatic rings. The van der Waals surface area contributed by atoms with Crippen LogP contribution in [0.15, 0.2) is 66.7 Å². The molecule has 0 bridgehead atoms. The minimum absolute atomic E-state index is 0.411. The molecule has 1 unspecified atom stereocenters. The second kappa shape index (κ2) is 5.10. The lowest BCUT2D eigenvalue weighted by atomic mass is 9.85. The van der Waals surface area contributed by atoms with Crippen LogP contribution in [0, 0.1) is 6.07 Å². The largest absolute Gasteiger partial charge is 0.321 e. The molecule has 0 saturated carbocycles. The molecular formula is C19H18N. The second-order valence-electron chi connectivity index (χ2n) is 5.56. The minimum Gasteiger partial charge on any atom is -0.321 e. The van der Waals surface area contributed by atoms with Crippen LogP contribution in [0.2, 0.25) is 0 Å². The average Bonchev–Trinajstić information content (AvgIpc) is 2.47. The molecule has 0 aromatic heterocycles. The van der Waals surface area contributed by atoms with Gasteiger partial charge >= 0.3 is 0 Å². The predicted molar refractivity (Wildman–Crippen MR) is 84.5 cm³/mol. The molecule has 2 N–H and O–H groups in total. The summed E-state index contributed by atoms with van der Waals surface area (Å²) in [6, 6.07) is 26.2. The second-order valence-corrected chi connectivity index (χ2v) is 5.56. The van der Waals surface area contributed by atoms with Gasteiger partial charge in [-0.15, -0.1) is 0 Å². The standard InChI is InChI=1S/C19H18N/c1-19(20,14-15-7-3-2-4-8-15)18-12-11-16-9-5-6-10-17(16)13-18/h2-11,13H,14,20H2,1H3. The molecule has 3 rings (SSSR count). The Kier molecular flexibility index (Phi) is 3.29. The van der Waals surface area contributed by atoms with E-state index in [0.29, 0.717) is 0 Å². The summed E-state index contributed by atoms with van der Waals surface area (Å²) in [6.45, 7) is 2.07. The first-order chi connectivity index (χ1) is 9.65. The van der Waals surface area contributed by atoms with Gasteiger partial charge in [-0.05, 0) is 53.4 Å². The van der Waals surface area contributed by atoms with Gasteiger partial charge in [-0.2, -0.15) is 0 Å². The van der Waals surface area contributed by atoms with E-state index in [-0.39, 0.29) is 0 Å². The van der Waals surface area contributed by atoms with Crippen LogP contribution in [0.3, 0.4) is 0 Å². The van der Waals surface area contributed by atoms with Crippen LogP contribution in [0.4, 0.5) is 0 Å². The van der Waals surface area contributed by atoms with Crippen molar-refractivity contribution < 1.29 is 0 Å². The van der Waals surface area contributed by atoms with Crippen LogP contribution in [-0.2, 0) is 12.0 Å². The molecule has 1 heteroatoms. The molecular weight excluding hydrogens is 242 g/mol.